The van der Waals surface area contributed by atoms with Gasteiger partial charge in [0.25, 0.3) is 0 Å². The van der Waals surface area contributed by atoms with Crippen molar-refractivity contribution in [3.05, 3.63) is 12.2 Å². The molecule has 0 aromatic heterocycles. The minimum absolute atomic E-state index is 0.599. The Bertz CT molecular complexity index is 281. The van der Waals surface area contributed by atoms with Gasteiger partial charge in [-0.1, -0.05) is 39.8 Å². The van der Waals surface area contributed by atoms with Crippen molar-refractivity contribution in [1.82, 2.24) is 20.4 Å². The van der Waals surface area contributed by atoms with Gasteiger partial charge in [-0.3, -0.25) is 0 Å². The topological polar surface area (TPSA) is 30.5 Å². The van der Waals surface area contributed by atoms with Crippen LogP contribution in [0.2, 0.25) is 0 Å². The molecule has 0 aliphatic carbocycles. The van der Waals surface area contributed by atoms with E-state index in [0.29, 0.717) is 12.1 Å². The van der Waals surface area contributed by atoms with Crippen LogP contribution in [0.1, 0.15) is 67.2 Å². The summed E-state index contributed by atoms with van der Waals surface area (Å²) in [6, 6.07) is 1.20. The first-order valence-corrected chi connectivity index (χ1v) is 11.1. The fourth-order valence-corrected chi connectivity index (χ4v) is 3.23. The Morgan fingerprint density at radius 3 is 1.31 bits per heavy atom. The quantitative estimate of drug-likeness (QED) is 0.361. The third kappa shape index (κ3) is 14.7. The van der Waals surface area contributed by atoms with Crippen molar-refractivity contribution in [2.75, 3.05) is 52.4 Å². The van der Waals surface area contributed by atoms with Crippen LogP contribution in [0.3, 0.4) is 0 Å². The van der Waals surface area contributed by atoms with Gasteiger partial charge in [0.15, 0.2) is 0 Å². The van der Waals surface area contributed by atoms with Gasteiger partial charge >= 0.3 is 0 Å². The van der Waals surface area contributed by atoms with Gasteiger partial charge in [-0.2, -0.15) is 0 Å². The largest absolute Gasteiger partial charge is 0.311 e. The highest BCUT2D eigenvalue weighted by Crippen LogP contribution is 2.00. The normalized spacial score (nSPS) is 14.6. The lowest BCUT2D eigenvalue weighted by molar-refractivity contribution is 0.291. The standard InChI is InChI=1S/C22H48N4/c1-7-25(8-2)19-13-15-21(5)23-17-11-12-18-24-22(6)16-14-20-26(9-3)10-4/h11-12,21-24H,7-10,13-20H2,1-6H3. The first-order valence-electron chi connectivity index (χ1n) is 11.1. The van der Waals surface area contributed by atoms with Gasteiger partial charge in [0.1, 0.15) is 0 Å². The maximum absolute atomic E-state index is 3.60. The van der Waals surface area contributed by atoms with E-state index in [9.17, 15) is 0 Å². The highest BCUT2D eigenvalue weighted by Gasteiger charge is 2.04. The van der Waals surface area contributed by atoms with Crippen molar-refractivity contribution in [2.45, 2.75) is 79.3 Å². The summed E-state index contributed by atoms with van der Waals surface area (Å²) in [5, 5.41) is 7.20. The Hall–Kier alpha value is -0.420. The molecule has 0 aliphatic heterocycles. The van der Waals surface area contributed by atoms with Crippen molar-refractivity contribution in [3.8, 4) is 0 Å². The minimum Gasteiger partial charge on any atom is -0.311 e. The zero-order valence-electron chi connectivity index (χ0n) is 18.7. The average Bonchev–Trinajstić information content (AvgIpc) is 2.65. The van der Waals surface area contributed by atoms with E-state index >= 15 is 0 Å². The fraction of sp³-hybridized carbons (Fsp3) is 0.909. The molecular weight excluding hydrogens is 320 g/mol. The van der Waals surface area contributed by atoms with Crippen LogP contribution in [0.25, 0.3) is 0 Å². The number of nitrogens with zero attached hydrogens (tertiary/aromatic N) is 2. The van der Waals surface area contributed by atoms with E-state index in [4.69, 9.17) is 0 Å². The third-order valence-corrected chi connectivity index (χ3v) is 5.35. The van der Waals surface area contributed by atoms with Crippen molar-refractivity contribution >= 4 is 0 Å². The van der Waals surface area contributed by atoms with Gasteiger partial charge in [-0.05, 0) is 78.8 Å². The molecule has 0 aliphatic rings. The predicted octanol–water partition coefficient (Wildman–Crippen LogP) is 3.74. The molecule has 0 rings (SSSR count). The van der Waals surface area contributed by atoms with Crippen molar-refractivity contribution < 1.29 is 0 Å². The maximum Gasteiger partial charge on any atom is 0.0137 e. The Balaban J connectivity index is 3.59. The SMILES string of the molecule is CCN(CC)CCCC(C)NCC=CCNC(C)CCCN(CC)CC. The molecule has 4 nitrogen and oxygen atoms in total. The maximum atomic E-state index is 3.60. The van der Waals surface area contributed by atoms with Crippen LogP contribution in [0.5, 0.6) is 0 Å². The lowest BCUT2D eigenvalue weighted by Gasteiger charge is -2.19. The second-order valence-electron chi connectivity index (χ2n) is 7.43. The molecular formula is C22H48N4. The number of hydrogen-bond donors (Lipinski definition) is 2. The molecule has 0 amide bonds. The van der Waals surface area contributed by atoms with Crippen molar-refractivity contribution in [3.63, 3.8) is 0 Å². The first-order chi connectivity index (χ1) is 12.6. The zero-order chi connectivity index (χ0) is 19.6. The second-order valence-corrected chi connectivity index (χ2v) is 7.43. The Morgan fingerprint density at radius 2 is 1.00 bits per heavy atom. The van der Waals surface area contributed by atoms with Crippen LogP contribution >= 0.6 is 0 Å². The van der Waals surface area contributed by atoms with E-state index < -0.39 is 0 Å². The zero-order valence-corrected chi connectivity index (χ0v) is 18.7. The Labute approximate surface area is 164 Å². The molecule has 0 bridgehead atoms. The van der Waals surface area contributed by atoms with Crippen LogP contribution in [0, 0.1) is 0 Å². The fourth-order valence-electron chi connectivity index (χ4n) is 3.23. The molecule has 0 fully saturated rings. The molecule has 0 saturated carbocycles. The van der Waals surface area contributed by atoms with Gasteiger partial charge in [0.05, 0.1) is 0 Å². The van der Waals surface area contributed by atoms with Crippen LogP contribution in [-0.2, 0) is 0 Å². The molecule has 4 heteroatoms. The monoisotopic (exact) mass is 368 g/mol. The van der Waals surface area contributed by atoms with Crippen LogP contribution in [-0.4, -0.2) is 74.2 Å². The van der Waals surface area contributed by atoms with E-state index in [1.807, 2.05) is 0 Å². The average molecular weight is 369 g/mol. The van der Waals surface area contributed by atoms with E-state index in [-0.39, 0.29) is 0 Å². The second kappa shape index (κ2) is 18.0. The molecule has 0 radical (unpaired) electrons. The molecule has 0 aromatic rings. The summed E-state index contributed by atoms with van der Waals surface area (Å²) in [6.07, 6.45) is 9.60. The van der Waals surface area contributed by atoms with Crippen molar-refractivity contribution in [2.24, 2.45) is 0 Å². The van der Waals surface area contributed by atoms with Crippen molar-refractivity contribution in [1.29, 1.82) is 0 Å². The molecule has 0 saturated heterocycles. The summed E-state index contributed by atoms with van der Waals surface area (Å²) in [5.74, 6) is 0. The highest BCUT2D eigenvalue weighted by molar-refractivity contribution is 4.87. The molecule has 26 heavy (non-hydrogen) atoms. The summed E-state index contributed by atoms with van der Waals surface area (Å²) < 4.78 is 0. The molecule has 0 aromatic carbocycles. The van der Waals surface area contributed by atoms with E-state index in [0.717, 1.165) is 13.1 Å². The Kier molecular flexibility index (Phi) is 17.7. The molecule has 2 N–H and O–H groups in total. The lowest BCUT2D eigenvalue weighted by atomic mass is 10.1. The molecule has 2 atom stereocenters. The van der Waals surface area contributed by atoms with E-state index in [1.165, 1.54) is 65.0 Å². The number of nitrogens with one attached hydrogen (secondary N) is 2. The van der Waals surface area contributed by atoms with Crippen LogP contribution in [0.4, 0.5) is 0 Å². The summed E-state index contributed by atoms with van der Waals surface area (Å²) >= 11 is 0. The molecule has 0 spiro atoms. The highest BCUT2D eigenvalue weighted by atomic mass is 15.1. The molecule has 2 unspecified atom stereocenters. The summed E-state index contributed by atoms with van der Waals surface area (Å²) in [7, 11) is 0. The summed E-state index contributed by atoms with van der Waals surface area (Å²) in [6.45, 7) is 22.7. The summed E-state index contributed by atoms with van der Waals surface area (Å²) in [4.78, 5) is 5.00. The van der Waals surface area contributed by atoms with Crippen LogP contribution < -0.4 is 10.6 Å². The van der Waals surface area contributed by atoms with Gasteiger partial charge in [0, 0.05) is 25.2 Å². The minimum atomic E-state index is 0.599. The number of rotatable bonds is 18. The molecule has 0 heterocycles. The Morgan fingerprint density at radius 1 is 0.654 bits per heavy atom. The number of hydrogen-bond acceptors (Lipinski definition) is 4. The van der Waals surface area contributed by atoms with Gasteiger partial charge in [-0.25, -0.2) is 0 Å². The third-order valence-electron chi connectivity index (χ3n) is 5.35. The van der Waals surface area contributed by atoms with Gasteiger partial charge in [-0.15, -0.1) is 0 Å². The predicted molar refractivity (Wildman–Crippen MR) is 118 cm³/mol. The van der Waals surface area contributed by atoms with Gasteiger partial charge in [0.2, 0.25) is 0 Å². The smallest absolute Gasteiger partial charge is 0.0137 e. The van der Waals surface area contributed by atoms with Crippen LogP contribution in [0.15, 0.2) is 12.2 Å². The lowest BCUT2D eigenvalue weighted by Crippen LogP contribution is -2.30. The first kappa shape index (κ1) is 25.6. The molecule has 156 valence electrons. The van der Waals surface area contributed by atoms with E-state index in [1.54, 1.807) is 0 Å². The van der Waals surface area contributed by atoms with Gasteiger partial charge < -0.3 is 20.4 Å². The summed E-state index contributed by atoms with van der Waals surface area (Å²) in [5.41, 5.74) is 0. The van der Waals surface area contributed by atoms with E-state index in [2.05, 4.69) is 74.1 Å².